The van der Waals surface area contributed by atoms with Crippen LogP contribution in [0.5, 0.6) is 0 Å². The highest BCUT2D eigenvalue weighted by atomic mass is 127. The second-order valence-electron chi connectivity index (χ2n) is 6.46. The van der Waals surface area contributed by atoms with Crippen LogP contribution >= 0.6 is 35.7 Å². The van der Waals surface area contributed by atoms with Crippen molar-refractivity contribution in [1.82, 2.24) is 25.8 Å². The van der Waals surface area contributed by atoms with E-state index < -0.39 is 0 Å². The second kappa shape index (κ2) is 11.5. The molecule has 0 amide bonds. The lowest BCUT2D eigenvalue weighted by Gasteiger charge is -2.17. The largest absolute Gasteiger partial charge is 0.357 e. The highest BCUT2D eigenvalue weighted by Crippen LogP contribution is 2.29. The molecule has 1 fully saturated rings. The van der Waals surface area contributed by atoms with Crippen LogP contribution < -0.4 is 10.6 Å². The molecule has 148 valence electrons. The fourth-order valence-electron chi connectivity index (χ4n) is 3.30. The summed E-state index contributed by atoms with van der Waals surface area (Å²) in [6.45, 7) is 5.84. The summed E-state index contributed by atoms with van der Waals surface area (Å²) in [5.74, 6) is 2.89. The third kappa shape index (κ3) is 6.67. The maximum atomic E-state index is 4.78. The van der Waals surface area contributed by atoms with E-state index in [1.165, 1.54) is 31.3 Å². The molecule has 2 unspecified atom stereocenters. The summed E-state index contributed by atoms with van der Waals surface area (Å²) in [5.41, 5.74) is 2.19. The van der Waals surface area contributed by atoms with Crippen LogP contribution in [0.4, 0.5) is 0 Å². The minimum absolute atomic E-state index is 0. The molecule has 3 N–H and O–H groups in total. The first kappa shape index (κ1) is 22.0. The molecule has 1 saturated carbocycles. The Balaban J connectivity index is 0.00000261. The Morgan fingerprint density at radius 3 is 2.96 bits per heavy atom. The Hall–Kier alpha value is -1.29. The van der Waals surface area contributed by atoms with Gasteiger partial charge < -0.3 is 10.6 Å². The molecule has 6 nitrogen and oxygen atoms in total. The van der Waals surface area contributed by atoms with Crippen molar-refractivity contribution < 1.29 is 0 Å². The monoisotopic (exact) mass is 500 g/mol. The zero-order valence-corrected chi connectivity index (χ0v) is 19.1. The molecule has 1 aliphatic carbocycles. The molecule has 0 aliphatic heterocycles. The quantitative estimate of drug-likeness (QED) is 0.306. The Morgan fingerprint density at radius 2 is 2.22 bits per heavy atom. The van der Waals surface area contributed by atoms with E-state index in [0.29, 0.717) is 12.6 Å². The topological polar surface area (TPSA) is 78.0 Å². The first-order valence-electron chi connectivity index (χ1n) is 9.39. The number of aliphatic imine (C=N–C) groups is 1. The summed E-state index contributed by atoms with van der Waals surface area (Å²) in [4.78, 5) is 9.00. The minimum Gasteiger partial charge on any atom is -0.357 e. The van der Waals surface area contributed by atoms with Gasteiger partial charge in [0.1, 0.15) is 6.33 Å². The van der Waals surface area contributed by atoms with Crippen molar-refractivity contribution in [2.45, 2.75) is 50.9 Å². The third-order valence-electron chi connectivity index (χ3n) is 4.51. The molecular formula is C19H29IN6S. The van der Waals surface area contributed by atoms with E-state index in [4.69, 9.17) is 4.99 Å². The smallest absolute Gasteiger partial charge is 0.191 e. The van der Waals surface area contributed by atoms with Gasteiger partial charge in [-0.25, -0.2) is 9.98 Å². The van der Waals surface area contributed by atoms with Crippen LogP contribution in [0.15, 0.2) is 35.6 Å². The van der Waals surface area contributed by atoms with Gasteiger partial charge in [-0.05, 0) is 43.6 Å². The van der Waals surface area contributed by atoms with Gasteiger partial charge >= 0.3 is 0 Å². The van der Waals surface area contributed by atoms with E-state index in [0.717, 1.165) is 34.7 Å². The van der Waals surface area contributed by atoms with Gasteiger partial charge in [-0.3, -0.25) is 5.10 Å². The number of aromatic amines is 1. The van der Waals surface area contributed by atoms with Crippen LogP contribution in [-0.2, 0) is 6.54 Å². The zero-order valence-electron chi connectivity index (χ0n) is 15.9. The van der Waals surface area contributed by atoms with E-state index in [1.54, 1.807) is 0 Å². The molecular weight excluding hydrogens is 471 g/mol. The number of nitrogens with one attached hydrogen (secondary N) is 3. The Labute approximate surface area is 182 Å². The molecule has 1 aromatic heterocycles. The Bertz CT molecular complexity index is 706. The SMILES string of the molecule is CCNC(=NCc1cccc(-c2ncn[nH]2)c1)NC1CCC(SCC)C1.I. The zero-order chi connectivity index (χ0) is 18.2. The van der Waals surface area contributed by atoms with Crippen molar-refractivity contribution in [3.8, 4) is 11.4 Å². The van der Waals surface area contributed by atoms with E-state index in [1.807, 2.05) is 12.1 Å². The Morgan fingerprint density at radius 1 is 1.33 bits per heavy atom. The molecule has 0 radical (unpaired) electrons. The van der Waals surface area contributed by atoms with Gasteiger partial charge in [-0.15, -0.1) is 24.0 Å². The van der Waals surface area contributed by atoms with Crippen LogP contribution in [0.1, 0.15) is 38.7 Å². The molecule has 27 heavy (non-hydrogen) atoms. The molecule has 2 aromatic rings. The molecule has 2 atom stereocenters. The van der Waals surface area contributed by atoms with Crippen molar-refractivity contribution in [3.63, 3.8) is 0 Å². The number of rotatable bonds is 7. The van der Waals surface area contributed by atoms with Gasteiger partial charge in [0.05, 0.1) is 6.54 Å². The first-order valence-corrected chi connectivity index (χ1v) is 10.4. The van der Waals surface area contributed by atoms with Gasteiger partial charge in [0.15, 0.2) is 11.8 Å². The van der Waals surface area contributed by atoms with Gasteiger partial charge in [0, 0.05) is 23.4 Å². The van der Waals surface area contributed by atoms with Crippen molar-refractivity contribution in [2.75, 3.05) is 12.3 Å². The number of halogens is 1. The minimum atomic E-state index is 0. The average molecular weight is 500 g/mol. The molecule has 3 rings (SSSR count). The predicted octanol–water partition coefficient (Wildman–Crippen LogP) is 3.82. The lowest BCUT2D eigenvalue weighted by atomic mass is 10.1. The summed E-state index contributed by atoms with van der Waals surface area (Å²) in [6, 6.07) is 8.79. The third-order valence-corrected chi connectivity index (χ3v) is 5.74. The van der Waals surface area contributed by atoms with Crippen molar-refractivity contribution >= 4 is 41.7 Å². The number of hydrogen-bond acceptors (Lipinski definition) is 4. The van der Waals surface area contributed by atoms with Crippen LogP contribution in [0, 0.1) is 0 Å². The first-order chi connectivity index (χ1) is 12.8. The molecule has 0 saturated heterocycles. The molecule has 8 heteroatoms. The van der Waals surface area contributed by atoms with E-state index in [-0.39, 0.29) is 24.0 Å². The van der Waals surface area contributed by atoms with Crippen molar-refractivity contribution in [1.29, 1.82) is 0 Å². The molecule has 1 aliphatic rings. The van der Waals surface area contributed by atoms with Crippen LogP contribution in [0.25, 0.3) is 11.4 Å². The standard InChI is InChI=1S/C19H28N6S.HI/c1-3-20-19(24-16-8-9-17(11-16)26-4-2)21-12-14-6-5-7-15(10-14)18-22-13-23-25-18;/h5-7,10,13,16-17H,3-4,8-9,11-12H2,1-2H3,(H2,20,21,24)(H,22,23,25);1H. The number of aromatic nitrogens is 3. The summed E-state index contributed by atoms with van der Waals surface area (Å²) >= 11 is 2.08. The van der Waals surface area contributed by atoms with Crippen LogP contribution in [-0.4, -0.2) is 44.7 Å². The number of H-pyrrole nitrogens is 1. The highest BCUT2D eigenvalue weighted by Gasteiger charge is 2.25. The van der Waals surface area contributed by atoms with Crippen molar-refractivity contribution in [3.05, 3.63) is 36.2 Å². The number of hydrogen-bond donors (Lipinski definition) is 3. The van der Waals surface area contributed by atoms with Gasteiger partial charge in [0.25, 0.3) is 0 Å². The summed E-state index contributed by atoms with van der Waals surface area (Å²) in [5, 5.41) is 14.6. The molecule has 0 spiro atoms. The van der Waals surface area contributed by atoms with Gasteiger partial charge in [-0.2, -0.15) is 16.9 Å². The number of guanidine groups is 1. The number of thioether (sulfide) groups is 1. The van der Waals surface area contributed by atoms with Gasteiger partial charge in [-0.1, -0.05) is 25.1 Å². The van der Waals surface area contributed by atoms with E-state index >= 15 is 0 Å². The lowest BCUT2D eigenvalue weighted by molar-refractivity contribution is 0.615. The average Bonchev–Trinajstić information content (AvgIpc) is 3.33. The normalized spacial score (nSPS) is 19.6. The van der Waals surface area contributed by atoms with Crippen LogP contribution in [0.3, 0.4) is 0 Å². The van der Waals surface area contributed by atoms with E-state index in [9.17, 15) is 0 Å². The van der Waals surface area contributed by atoms with Crippen molar-refractivity contribution in [2.24, 2.45) is 4.99 Å². The second-order valence-corrected chi connectivity index (χ2v) is 8.04. The summed E-state index contributed by atoms with van der Waals surface area (Å²) in [7, 11) is 0. The lowest BCUT2D eigenvalue weighted by Crippen LogP contribution is -2.42. The number of benzene rings is 1. The maximum Gasteiger partial charge on any atom is 0.191 e. The van der Waals surface area contributed by atoms with Crippen LogP contribution in [0.2, 0.25) is 0 Å². The molecule has 0 bridgehead atoms. The van der Waals surface area contributed by atoms with Gasteiger partial charge in [0.2, 0.25) is 0 Å². The maximum absolute atomic E-state index is 4.78. The fourth-order valence-corrected chi connectivity index (χ4v) is 4.45. The fraction of sp³-hybridized carbons (Fsp3) is 0.526. The Kier molecular flexibility index (Phi) is 9.40. The molecule has 1 aromatic carbocycles. The predicted molar refractivity (Wildman–Crippen MR) is 125 cm³/mol. The highest BCUT2D eigenvalue weighted by molar-refractivity contribution is 14.0. The summed E-state index contributed by atoms with van der Waals surface area (Å²) < 4.78 is 0. The molecule has 1 heterocycles. The van der Waals surface area contributed by atoms with E-state index in [2.05, 4.69) is 63.6 Å². The summed E-state index contributed by atoms with van der Waals surface area (Å²) in [6.07, 6.45) is 5.28. The number of nitrogens with zero attached hydrogens (tertiary/aromatic N) is 3.